The van der Waals surface area contributed by atoms with E-state index >= 15 is 0 Å². The quantitative estimate of drug-likeness (QED) is 0.140. The second-order valence-electron chi connectivity index (χ2n) is 14.3. The molecule has 56 heavy (non-hydrogen) atoms. The summed E-state index contributed by atoms with van der Waals surface area (Å²) >= 11 is 1.59. The van der Waals surface area contributed by atoms with Crippen LogP contribution in [0, 0.1) is 12.8 Å². The fourth-order valence-electron chi connectivity index (χ4n) is 7.22. The highest BCUT2D eigenvalue weighted by atomic mass is 32.1. The zero-order chi connectivity index (χ0) is 39.7. The number of aromatic nitrogens is 4. The van der Waals surface area contributed by atoms with Gasteiger partial charge in [-0.15, -0.1) is 21.5 Å². The average molecular weight is 780 g/mol. The molecule has 3 aromatic heterocycles. The largest absolute Gasteiger partial charge is 0.417 e. The molecule has 10 nitrogen and oxygen atoms in total. The molecule has 0 spiro atoms. The topological polar surface area (TPSA) is 140 Å². The third-order valence-corrected chi connectivity index (χ3v) is 11.2. The van der Waals surface area contributed by atoms with E-state index < -0.39 is 23.7 Å². The lowest BCUT2D eigenvalue weighted by atomic mass is 9.91. The number of benzene rings is 3. The fraction of sp³-hybridized carbons (Fsp3) is 0.286. The zero-order valence-corrected chi connectivity index (χ0v) is 32.0. The molecule has 1 aliphatic rings. The van der Waals surface area contributed by atoms with Crippen LogP contribution in [-0.2, 0) is 15.8 Å². The summed E-state index contributed by atoms with van der Waals surface area (Å²) in [4.78, 5) is 34.9. The summed E-state index contributed by atoms with van der Waals surface area (Å²) in [5.41, 5.74) is 12.3. The Labute approximate surface area is 326 Å². The van der Waals surface area contributed by atoms with E-state index in [9.17, 15) is 22.8 Å². The second kappa shape index (κ2) is 15.7. The summed E-state index contributed by atoms with van der Waals surface area (Å²) < 4.78 is 47.0. The molecule has 1 fully saturated rings. The van der Waals surface area contributed by atoms with Gasteiger partial charge in [-0.1, -0.05) is 85.7 Å². The first-order chi connectivity index (χ1) is 26.8. The lowest BCUT2D eigenvalue weighted by Crippen LogP contribution is -2.48. The number of halogens is 3. The Balaban J connectivity index is 1.05. The number of nitrogens with one attached hydrogen (secondary N) is 1. The van der Waals surface area contributed by atoms with Crippen molar-refractivity contribution in [2.45, 2.75) is 64.7 Å². The van der Waals surface area contributed by atoms with Gasteiger partial charge < -0.3 is 20.5 Å². The van der Waals surface area contributed by atoms with Crippen molar-refractivity contribution in [3.63, 3.8) is 0 Å². The number of hydrogen-bond acceptors (Lipinski definition) is 9. The van der Waals surface area contributed by atoms with Crippen LogP contribution < -0.4 is 11.1 Å². The molecule has 14 heteroatoms. The lowest BCUT2D eigenvalue weighted by Gasteiger charge is -2.29. The number of nitrogens with two attached hydrogens (primary N) is 1. The maximum Gasteiger partial charge on any atom is 0.417 e. The van der Waals surface area contributed by atoms with Crippen molar-refractivity contribution in [2.24, 2.45) is 5.92 Å². The Bertz CT molecular complexity index is 2360. The number of alkyl halides is 3. The third kappa shape index (κ3) is 7.79. The van der Waals surface area contributed by atoms with Gasteiger partial charge in [-0.05, 0) is 61.4 Å². The van der Waals surface area contributed by atoms with E-state index in [1.165, 1.54) is 24.3 Å². The van der Waals surface area contributed by atoms with E-state index in [4.69, 9.17) is 10.3 Å². The van der Waals surface area contributed by atoms with Gasteiger partial charge in [-0.3, -0.25) is 9.59 Å². The number of thiazole rings is 1. The van der Waals surface area contributed by atoms with Crippen LogP contribution >= 0.6 is 11.3 Å². The van der Waals surface area contributed by atoms with Crippen LogP contribution in [0.5, 0.6) is 0 Å². The number of carbonyl (C=O) groups is 2. The SMILES string of the molecule is Cc1ncsc1-c1ccc([C@H](C)NC(=O)[C@@H]2CCCN2C(=O)C(c2cc(-c3ccc(-c4cc(-c5ccccc5C(F)(F)F)nnc4N)cc3)no2)C(C)C)cc1. The molecule has 0 saturated carbocycles. The number of amides is 2. The highest BCUT2D eigenvalue weighted by molar-refractivity contribution is 7.13. The summed E-state index contributed by atoms with van der Waals surface area (Å²) in [5, 5.41) is 15.3. The van der Waals surface area contributed by atoms with Crippen LogP contribution in [0.2, 0.25) is 0 Å². The molecule has 2 amide bonds. The maximum absolute atomic E-state index is 14.2. The van der Waals surface area contributed by atoms with E-state index in [1.54, 1.807) is 46.6 Å². The molecule has 0 bridgehead atoms. The molecule has 0 aliphatic carbocycles. The monoisotopic (exact) mass is 779 g/mol. The smallest absolute Gasteiger partial charge is 0.382 e. The van der Waals surface area contributed by atoms with Crippen molar-refractivity contribution < 1.29 is 27.3 Å². The Hall–Kier alpha value is -5.89. The van der Waals surface area contributed by atoms with Crippen LogP contribution in [0.3, 0.4) is 0 Å². The van der Waals surface area contributed by atoms with Crippen LogP contribution in [0.25, 0.3) is 44.1 Å². The first-order valence-corrected chi connectivity index (χ1v) is 19.2. The number of hydrogen-bond donors (Lipinski definition) is 2. The predicted octanol–water partition coefficient (Wildman–Crippen LogP) is 9.11. The molecule has 288 valence electrons. The normalized spacial score (nSPS) is 15.6. The van der Waals surface area contributed by atoms with Gasteiger partial charge >= 0.3 is 6.18 Å². The summed E-state index contributed by atoms with van der Waals surface area (Å²) in [6.45, 7) is 8.23. The molecular formula is C42H40F3N7O3S. The predicted molar refractivity (Wildman–Crippen MR) is 209 cm³/mol. The number of carbonyl (C=O) groups excluding carboxylic acids is 2. The van der Waals surface area contributed by atoms with Crippen LogP contribution in [0.15, 0.2) is 95.0 Å². The van der Waals surface area contributed by atoms with Crippen molar-refractivity contribution in [1.82, 2.24) is 30.6 Å². The minimum Gasteiger partial charge on any atom is -0.382 e. The Kier molecular flexibility index (Phi) is 10.8. The first-order valence-electron chi connectivity index (χ1n) is 18.3. The summed E-state index contributed by atoms with van der Waals surface area (Å²) in [7, 11) is 0. The summed E-state index contributed by atoms with van der Waals surface area (Å²) in [5.74, 6) is -0.786. The molecule has 3 atom stereocenters. The molecule has 1 saturated heterocycles. The van der Waals surface area contributed by atoms with Gasteiger partial charge in [0.2, 0.25) is 11.8 Å². The lowest BCUT2D eigenvalue weighted by molar-refractivity contribution is -0.141. The molecular weight excluding hydrogens is 740 g/mol. The summed E-state index contributed by atoms with van der Waals surface area (Å²) in [6.07, 6.45) is -3.31. The molecule has 7 rings (SSSR count). The number of likely N-dealkylation sites (tertiary alicyclic amines) is 1. The maximum atomic E-state index is 14.2. The van der Waals surface area contributed by atoms with Gasteiger partial charge in [0.15, 0.2) is 5.82 Å². The fourth-order valence-corrected chi connectivity index (χ4v) is 8.03. The van der Waals surface area contributed by atoms with Crippen LogP contribution in [-0.4, -0.2) is 49.6 Å². The zero-order valence-electron chi connectivity index (χ0n) is 31.2. The van der Waals surface area contributed by atoms with Gasteiger partial charge in [0.25, 0.3) is 0 Å². The average Bonchev–Trinajstić information content (AvgIpc) is 3.97. The van der Waals surface area contributed by atoms with Crippen molar-refractivity contribution >= 4 is 29.0 Å². The van der Waals surface area contributed by atoms with Crippen molar-refractivity contribution in [3.05, 3.63) is 113 Å². The van der Waals surface area contributed by atoms with Crippen LogP contribution in [0.1, 0.15) is 68.2 Å². The highest BCUT2D eigenvalue weighted by Crippen LogP contribution is 2.39. The van der Waals surface area contributed by atoms with E-state index in [0.717, 1.165) is 27.8 Å². The van der Waals surface area contributed by atoms with Crippen molar-refractivity contribution in [2.75, 3.05) is 12.3 Å². The van der Waals surface area contributed by atoms with E-state index in [1.807, 2.05) is 57.5 Å². The van der Waals surface area contributed by atoms with Gasteiger partial charge in [0.05, 0.1) is 33.4 Å². The molecule has 6 aromatic rings. The molecule has 4 heterocycles. The molecule has 3 N–H and O–H groups in total. The van der Waals surface area contributed by atoms with Gasteiger partial charge in [-0.2, -0.15) is 13.2 Å². The van der Waals surface area contributed by atoms with Crippen molar-refractivity contribution in [1.29, 1.82) is 0 Å². The van der Waals surface area contributed by atoms with Gasteiger partial charge in [-0.25, -0.2) is 4.98 Å². The standard InChI is InChI=1S/C42H40F3N7O3S/c1-23(2)37(41(54)52-19-7-10-35(52)40(53)48-24(3)26-11-17-29(18-12-26)38-25(4)47-22-56-38)36-21-33(51-55-36)28-15-13-27(14-16-28)31-20-34(49-50-39(31)46)30-8-5-6-9-32(30)42(43,44)45/h5-6,8-9,11-18,20-24,35,37H,7,10,19H2,1-4H3,(H2,46,50)(H,48,53)/t24-,35-,37?/m0/s1. The number of rotatable bonds is 10. The minimum absolute atomic E-state index is 0.0388. The van der Waals surface area contributed by atoms with E-state index in [2.05, 4.69) is 25.7 Å². The Morgan fingerprint density at radius 2 is 1.61 bits per heavy atom. The molecule has 1 unspecified atom stereocenters. The van der Waals surface area contributed by atoms with E-state index in [-0.39, 0.29) is 40.8 Å². The third-order valence-electron chi connectivity index (χ3n) is 10.2. The van der Waals surface area contributed by atoms with Gasteiger partial charge in [0, 0.05) is 29.3 Å². The van der Waals surface area contributed by atoms with Crippen molar-refractivity contribution in [3.8, 4) is 44.1 Å². The highest BCUT2D eigenvalue weighted by Gasteiger charge is 2.40. The number of aryl methyl sites for hydroxylation is 1. The van der Waals surface area contributed by atoms with E-state index in [0.29, 0.717) is 47.5 Å². The Morgan fingerprint density at radius 3 is 2.29 bits per heavy atom. The Morgan fingerprint density at radius 1 is 0.911 bits per heavy atom. The minimum atomic E-state index is -4.57. The van der Waals surface area contributed by atoms with Gasteiger partial charge in [0.1, 0.15) is 23.4 Å². The second-order valence-corrected chi connectivity index (χ2v) is 15.1. The molecule has 0 radical (unpaired) electrons. The molecule has 3 aromatic carbocycles. The molecule has 1 aliphatic heterocycles. The van der Waals surface area contributed by atoms with Crippen LogP contribution in [0.4, 0.5) is 19.0 Å². The summed E-state index contributed by atoms with van der Waals surface area (Å²) in [6, 6.07) is 22.7. The number of anilines is 1. The first kappa shape index (κ1) is 38.4. The number of nitrogen functional groups attached to an aromatic ring is 1. The number of nitrogens with zero attached hydrogens (tertiary/aromatic N) is 5.